The van der Waals surface area contributed by atoms with E-state index in [4.69, 9.17) is 9.84 Å². The van der Waals surface area contributed by atoms with Gasteiger partial charge in [0.1, 0.15) is 0 Å². The molecule has 1 aromatic heterocycles. The van der Waals surface area contributed by atoms with E-state index in [9.17, 15) is 4.79 Å². The van der Waals surface area contributed by atoms with Gasteiger partial charge in [-0.1, -0.05) is 0 Å². The summed E-state index contributed by atoms with van der Waals surface area (Å²) in [7, 11) is 1.64. The Morgan fingerprint density at radius 3 is 3.06 bits per heavy atom. The molecule has 0 saturated carbocycles. The lowest BCUT2D eigenvalue weighted by molar-refractivity contribution is 0.0698. The molecule has 1 atom stereocenters. The van der Waals surface area contributed by atoms with Crippen LogP contribution in [0.25, 0.3) is 0 Å². The number of anilines is 1. The maximum atomic E-state index is 10.9. The van der Waals surface area contributed by atoms with Crippen molar-refractivity contribution in [1.29, 1.82) is 0 Å². The van der Waals surface area contributed by atoms with Crippen molar-refractivity contribution in [2.45, 2.75) is 19.4 Å². The Kier molecular flexibility index (Phi) is 4.72. The van der Waals surface area contributed by atoms with Crippen molar-refractivity contribution in [3.8, 4) is 0 Å². The Hall–Kier alpha value is -1.62. The zero-order valence-electron chi connectivity index (χ0n) is 9.43. The van der Waals surface area contributed by atoms with Crippen LogP contribution in [0, 0.1) is 0 Å². The standard InChI is InChI=1S/C11H16N2O3/c1-8(4-6-16-2)13-10-7-12-5-3-9(10)11(14)15/h3,5,7-8,13H,4,6H2,1-2H3,(H,14,15). The molecule has 1 rings (SSSR count). The first-order valence-electron chi connectivity index (χ1n) is 5.08. The summed E-state index contributed by atoms with van der Waals surface area (Å²) in [5, 5.41) is 12.1. The fraction of sp³-hybridized carbons (Fsp3) is 0.455. The van der Waals surface area contributed by atoms with E-state index in [2.05, 4.69) is 10.3 Å². The van der Waals surface area contributed by atoms with Gasteiger partial charge in [-0.05, 0) is 19.4 Å². The van der Waals surface area contributed by atoms with Crippen LogP contribution in [0.1, 0.15) is 23.7 Å². The van der Waals surface area contributed by atoms with E-state index in [1.165, 1.54) is 18.5 Å². The predicted molar refractivity (Wildman–Crippen MR) is 60.8 cm³/mol. The van der Waals surface area contributed by atoms with Gasteiger partial charge in [0.25, 0.3) is 0 Å². The highest BCUT2D eigenvalue weighted by Crippen LogP contribution is 2.15. The molecule has 5 nitrogen and oxygen atoms in total. The highest BCUT2D eigenvalue weighted by Gasteiger charge is 2.11. The van der Waals surface area contributed by atoms with Crippen LogP contribution in [-0.2, 0) is 4.74 Å². The van der Waals surface area contributed by atoms with Gasteiger partial charge < -0.3 is 15.2 Å². The van der Waals surface area contributed by atoms with Crippen LogP contribution >= 0.6 is 0 Å². The van der Waals surface area contributed by atoms with Gasteiger partial charge in [-0.25, -0.2) is 4.79 Å². The second kappa shape index (κ2) is 6.07. The Morgan fingerprint density at radius 2 is 2.44 bits per heavy atom. The summed E-state index contributed by atoms with van der Waals surface area (Å²) in [6.45, 7) is 2.61. The Bertz CT molecular complexity index is 355. The van der Waals surface area contributed by atoms with Gasteiger partial charge in [-0.3, -0.25) is 4.98 Å². The summed E-state index contributed by atoms with van der Waals surface area (Å²) in [4.78, 5) is 14.8. The average molecular weight is 224 g/mol. The van der Waals surface area contributed by atoms with Crippen molar-refractivity contribution in [3.05, 3.63) is 24.0 Å². The van der Waals surface area contributed by atoms with Crippen molar-refractivity contribution < 1.29 is 14.6 Å². The molecule has 0 saturated heterocycles. The van der Waals surface area contributed by atoms with Crippen molar-refractivity contribution in [2.75, 3.05) is 19.0 Å². The first-order chi connectivity index (χ1) is 7.65. The number of aromatic carboxylic acids is 1. The zero-order valence-corrected chi connectivity index (χ0v) is 9.43. The van der Waals surface area contributed by atoms with Gasteiger partial charge >= 0.3 is 5.97 Å². The van der Waals surface area contributed by atoms with Crippen molar-refractivity contribution in [1.82, 2.24) is 4.98 Å². The molecule has 1 aromatic rings. The molecule has 1 unspecified atom stereocenters. The summed E-state index contributed by atoms with van der Waals surface area (Å²) in [5.41, 5.74) is 0.776. The molecule has 0 aliphatic rings. The van der Waals surface area contributed by atoms with Crippen LogP contribution in [0.5, 0.6) is 0 Å². The predicted octanol–water partition coefficient (Wildman–Crippen LogP) is 1.62. The highest BCUT2D eigenvalue weighted by atomic mass is 16.5. The summed E-state index contributed by atoms with van der Waals surface area (Å²) in [6.07, 6.45) is 3.80. The first kappa shape index (κ1) is 12.4. The van der Waals surface area contributed by atoms with E-state index in [0.717, 1.165) is 6.42 Å². The van der Waals surface area contributed by atoms with E-state index in [0.29, 0.717) is 12.3 Å². The number of carboxylic acid groups (broad SMARTS) is 1. The number of rotatable bonds is 6. The third-order valence-electron chi connectivity index (χ3n) is 2.21. The van der Waals surface area contributed by atoms with Crippen LogP contribution in [0.2, 0.25) is 0 Å². The molecule has 0 amide bonds. The third-order valence-corrected chi connectivity index (χ3v) is 2.21. The Morgan fingerprint density at radius 1 is 1.69 bits per heavy atom. The molecule has 2 N–H and O–H groups in total. The number of carbonyl (C=O) groups is 1. The lowest BCUT2D eigenvalue weighted by Gasteiger charge is -2.15. The number of ether oxygens (including phenoxy) is 1. The molecular formula is C11H16N2O3. The van der Waals surface area contributed by atoms with Gasteiger partial charge in [0.15, 0.2) is 0 Å². The number of aromatic nitrogens is 1. The van der Waals surface area contributed by atoms with E-state index in [1.54, 1.807) is 7.11 Å². The molecule has 16 heavy (non-hydrogen) atoms. The maximum absolute atomic E-state index is 10.9. The zero-order chi connectivity index (χ0) is 12.0. The maximum Gasteiger partial charge on any atom is 0.337 e. The number of carboxylic acids is 1. The smallest absolute Gasteiger partial charge is 0.337 e. The van der Waals surface area contributed by atoms with Crippen molar-refractivity contribution in [2.24, 2.45) is 0 Å². The molecule has 0 aliphatic heterocycles. The second-order valence-corrected chi connectivity index (χ2v) is 3.55. The second-order valence-electron chi connectivity index (χ2n) is 3.55. The van der Waals surface area contributed by atoms with Gasteiger partial charge in [-0.15, -0.1) is 0 Å². The molecule has 0 spiro atoms. The number of hydrogen-bond acceptors (Lipinski definition) is 4. The van der Waals surface area contributed by atoms with Crippen molar-refractivity contribution >= 4 is 11.7 Å². The van der Waals surface area contributed by atoms with E-state index >= 15 is 0 Å². The van der Waals surface area contributed by atoms with Crippen LogP contribution in [0.3, 0.4) is 0 Å². The SMILES string of the molecule is COCCC(C)Nc1cnccc1C(=O)O. The number of pyridine rings is 1. The fourth-order valence-corrected chi connectivity index (χ4v) is 1.33. The number of methoxy groups -OCH3 is 1. The quantitative estimate of drug-likeness (QED) is 0.768. The van der Waals surface area contributed by atoms with Crippen LogP contribution < -0.4 is 5.32 Å². The van der Waals surface area contributed by atoms with Gasteiger partial charge in [0, 0.05) is 26.0 Å². The minimum atomic E-state index is -0.955. The van der Waals surface area contributed by atoms with E-state index < -0.39 is 5.97 Å². The third kappa shape index (κ3) is 3.51. The number of hydrogen-bond donors (Lipinski definition) is 2. The Labute approximate surface area is 94.5 Å². The highest BCUT2D eigenvalue weighted by molar-refractivity contribution is 5.93. The lowest BCUT2D eigenvalue weighted by Crippen LogP contribution is -2.19. The molecular weight excluding hydrogens is 208 g/mol. The van der Waals surface area contributed by atoms with Gasteiger partial charge in [0.05, 0.1) is 17.4 Å². The van der Waals surface area contributed by atoms with E-state index in [-0.39, 0.29) is 11.6 Å². The molecule has 1 heterocycles. The largest absolute Gasteiger partial charge is 0.478 e. The molecule has 0 bridgehead atoms. The summed E-state index contributed by atoms with van der Waals surface area (Å²) in [5.74, 6) is -0.955. The summed E-state index contributed by atoms with van der Waals surface area (Å²) < 4.78 is 4.96. The average Bonchev–Trinajstić information content (AvgIpc) is 2.27. The topological polar surface area (TPSA) is 71.5 Å². The molecule has 88 valence electrons. The number of nitrogens with zero attached hydrogens (tertiary/aromatic N) is 1. The van der Waals surface area contributed by atoms with Crippen LogP contribution in [-0.4, -0.2) is 35.8 Å². The van der Waals surface area contributed by atoms with Crippen molar-refractivity contribution in [3.63, 3.8) is 0 Å². The first-order valence-corrected chi connectivity index (χ1v) is 5.08. The molecule has 0 fully saturated rings. The summed E-state index contributed by atoms with van der Waals surface area (Å²) >= 11 is 0. The summed E-state index contributed by atoms with van der Waals surface area (Å²) in [6, 6.07) is 1.62. The van der Waals surface area contributed by atoms with Crippen LogP contribution in [0.4, 0.5) is 5.69 Å². The molecule has 5 heteroatoms. The Balaban J connectivity index is 2.69. The minimum Gasteiger partial charge on any atom is -0.478 e. The number of nitrogens with one attached hydrogen (secondary N) is 1. The fourth-order valence-electron chi connectivity index (χ4n) is 1.33. The normalized spacial score (nSPS) is 12.1. The molecule has 0 aromatic carbocycles. The minimum absolute atomic E-state index is 0.141. The van der Waals surface area contributed by atoms with E-state index in [1.807, 2.05) is 6.92 Å². The molecule has 0 radical (unpaired) electrons. The van der Waals surface area contributed by atoms with Gasteiger partial charge in [0.2, 0.25) is 0 Å². The van der Waals surface area contributed by atoms with Crippen LogP contribution in [0.15, 0.2) is 18.5 Å². The lowest BCUT2D eigenvalue weighted by atomic mass is 10.2. The molecule has 0 aliphatic carbocycles. The van der Waals surface area contributed by atoms with Gasteiger partial charge in [-0.2, -0.15) is 0 Å². The monoisotopic (exact) mass is 224 g/mol.